The van der Waals surface area contributed by atoms with Gasteiger partial charge in [-0.05, 0) is 110 Å². The molecule has 2 aromatic carbocycles. The summed E-state index contributed by atoms with van der Waals surface area (Å²) in [4.78, 5) is 8.61. The minimum atomic E-state index is 0.784. The van der Waals surface area contributed by atoms with Crippen molar-refractivity contribution < 1.29 is 9.47 Å². The van der Waals surface area contributed by atoms with Crippen LogP contribution in [0, 0.1) is 30.6 Å². The zero-order valence-electron chi connectivity index (χ0n) is 26.2. The molecule has 0 radical (unpaired) electrons. The highest BCUT2D eigenvalue weighted by Crippen LogP contribution is 2.13. The summed E-state index contributed by atoms with van der Waals surface area (Å²) in [6, 6.07) is 23.8. The number of benzene rings is 2. The van der Waals surface area contributed by atoms with Crippen molar-refractivity contribution in [2.45, 2.75) is 72.6 Å². The zero-order chi connectivity index (χ0) is 30.5. The molecular formula is C39H44N2O2. The summed E-state index contributed by atoms with van der Waals surface area (Å²) in [5, 5.41) is 0. The first kappa shape index (κ1) is 33.0. The van der Waals surface area contributed by atoms with Gasteiger partial charge in [-0.3, -0.25) is 0 Å². The third-order valence-electron chi connectivity index (χ3n) is 6.56. The summed E-state index contributed by atoms with van der Waals surface area (Å²) >= 11 is 0. The number of hydrogen-bond donors (Lipinski definition) is 0. The van der Waals surface area contributed by atoms with Crippen molar-refractivity contribution in [3.05, 3.63) is 119 Å². The maximum absolute atomic E-state index is 5.69. The number of hydrogen-bond acceptors (Lipinski definition) is 4. The number of pyridine rings is 2. The number of aromatic nitrogens is 2. The van der Waals surface area contributed by atoms with Crippen molar-refractivity contribution in [3.8, 4) is 35.2 Å². The van der Waals surface area contributed by atoms with Crippen LogP contribution in [0.2, 0.25) is 0 Å². The average molecular weight is 573 g/mol. The fourth-order valence-electron chi connectivity index (χ4n) is 3.87. The molecule has 0 fully saturated rings. The third-order valence-corrected chi connectivity index (χ3v) is 6.56. The van der Waals surface area contributed by atoms with Gasteiger partial charge in [-0.25, -0.2) is 9.97 Å². The molecule has 2 heterocycles. The van der Waals surface area contributed by atoms with Crippen LogP contribution in [0.5, 0.6) is 11.5 Å². The van der Waals surface area contributed by atoms with Crippen LogP contribution in [0.25, 0.3) is 0 Å². The highest BCUT2D eigenvalue weighted by molar-refractivity contribution is 5.43. The van der Waals surface area contributed by atoms with E-state index in [9.17, 15) is 0 Å². The van der Waals surface area contributed by atoms with Crippen molar-refractivity contribution in [2.24, 2.45) is 0 Å². The Morgan fingerprint density at radius 3 is 1.42 bits per heavy atom. The fraction of sp³-hybridized carbons (Fsp3) is 0.333. The van der Waals surface area contributed by atoms with E-state index in [0.717, 1.165) is 72.1 Å². The first-order valence-corrected chi connectivity index (χ1v) is 15.5. The standard InChI is InChI=1S/C20H23NO.C19H21NO/c1-3-5-6-15-22-20-13-9-18(10-14-20)8-12-19-11-7-17(4-2)16-21-19;1-3-4-5-14-21-19-12-8-17(9-13-19)7-11-18-10-6-16(2)15-20-18/h7,9-11,13-14,16H,3-6,15H2,1-2H3;6,8-10,12-13,15H,3-5,14H2,1-2H3. The van der Waals surface area contributed by atoms with E-state index in [-0.39, 0.29) is 0 Å². The van der Waals surface area contributed by atoms with E-state index < -0.39 is 0 Å². The Morgan fingerprint density at radius 2 is 1.02 bits per heavy atom. The molecule has 0 aliphatic carbocycles. The molecule has 0 saturated carbocycles. The molecule has 0 amide bonds. The Labute approximate surface area is 258 Å². The summed E-state index contributed by atoms with van der Waals surface area (Å²) in [5.74, 6) is 14.2. The van der Waals surface area contributed by atoms with E-state index in [0.29, 0.717) is 0 Å². The van der Waals surface area contributed by atoms with Crippen LogP contribution in [0.15, 0.2) is 85.2 Å². The summed E-state index contributed by atoms with van der Waals surface area (Å²) in [7, 11) is 0. The summed E-state index contributed by atoms with van der Waals surface area (Å²) in [6.45, 7) is 10.1. The van der Waals surface area contributed by atoms with E-state index in [1.54, 1.807) is 0 Å². The van der Waals surface area contributed by atoms with Gasteiger partial charge in [0.25, 0.3) is 0 Å². The van der Waals surface area contributed by atoms with Gasteiger partial charge >= 0.3 is 0 Å². The fourth-order valence-corrected chi connectivity index (χ4v) is 3.87. The van der Waals surface area contributed by atoms with Crippen molar-refractivity contribution in [2.75, 3.05) is 13.2 Å². The van der Waals surface area contributed by atoms with Gasteiger partial charge in [-0.2, -0.15) is 0 Å². The molecule has 0 atom stereocenters. The lowest BCUT2D eigenvalue weighted by atomic mass is 10.2. The quantitative estimate of drug-likeness (QED) is 0.133. The molecule has 2 aromatic heterocycles. The van der Waals surface area contributed by atoms with Crippen LogP contribution in [-0.4, -0.2) is 23.2 Å². The second-order valence-electron chi connectivity index (χ2n) is 10.3. The zero-order valence-corrected chi connectivity index (χ0v) is 26.2. The molecule has 43 heavy (non-hydrogen) atoms. The first-order valence-electron chi connectivity index (χ1n) is 15.5. The SMILES string of the molecule is CCCCCOc1ccc(C#Cc2ccc(C)cn2)cc1.CCCCCOc1ccc(C#Cc2ccc(CC)cn2)cc1. The van der Waals surface area contributed by atoms with Crippen molar-refractivity contribution in [3.63, 3.8) is 0 Å². The molecule has 0 spiro atoms. The van der Waals surface area contributed by atoms with E-state index in [2.05, 4.69) is 60.5 Å². The molecule has 0 saturated heterocycles. The third kappa shape index (κ3) is 13.3. The highest BCUT2D eigenvalue weighted by atomic mass is 16.5. The second-order valence-corrected chi connectivity index (χ2v) is 10.3. The van der Waals surface area contributed by atoms with Gasteiger partial charge in [0.2, 0.25) is 0 Å². The van der Waals surface area contributed by atoms with E-state index in [4.69, 9.17) is 9.47 Å². The Morgan fingerprint density at radius 1 is 0.535 bits per heavy atom. The minimum absolute atomic E-state index is 0.784. The number of nitrogens with zero attached hydrogens (tertiary/aromatic N) is 2. The molecule has 0 aliphatic heterocycles. The van der Waals surface area contributed by atoms with Gasteiger partial charge in [-0.15, -0.1) is 0 Å². The van der Waals surface area contributed by atoms with Crippen LogP contribution in [0.1, 0.15) is 92.9 Å². The topological polar surface area (TPSA) is 44.2 Å². The molecule has 4 nitrogen and oxygen atoms in total. The van der Waals surface area contributed by atoms with Crippen LogP contribution >= 0.6 is 0 Å². The largest absolute Gasteiger partial charge is 0.494 e. The molecule has 4 aromatic rings. The van der Waals surface area contributed by atoms with Gasteiger partial charge in [-0.1, -0.05) is 70.4 Å². The van der Waals surface area contributed by atoms with E-state index in [1.807, 2.05) is 86.0 Å². The van der Waals surface area contributed by atoms with Crippen LogP contribution in [-0.2, 0) is 6.42 Å². The monoisotopic (exact) mass is 572 g/mol. The molecule has 0 unspecified atom stereocenters. The van der Waals surface area contributed by atoms with Crippen molar-refractivity contribution in [1.82, 2.24) is 9.97 Å². The van der Waals surface area contributed by atoms with E-state index >= 15 is 0 Å². The van der Waals surface area contributed by atoms with Gasteiger partial charge in [0.1, 0.15) is 22.9 Å². The number of ether oxygens (including phenoxy) is 2. The molecule has 222 valence electrons. The number of unbranched alkanes of at least 4 members (excludes halogenated alkanes) is 4. The molecule has 4 heteroatoms. The van der Waals surface area contributed by atoms with Crippen LogP contribution < -0.4 is 9.47 Å². The van der Waals surface area contributed by atoms with Crippen molar-refractivity contribution >= 4 is 0 Å². The minimum Gasteiger partial charge on any atom is -0.494 e. The van der Waals surface area contributed by atoms with Crippen LogP contribution in [0.4, 0.5) is 0 Å². The predicted octanol–water partition coefficient (Wildman–Crippen LogP) is 8.97. The van der Waals surface area contributed by atoms with Gasteiger partial charge in [0.15, 0.2) is 0 Å². The molecular weight excluding hydrogens is 528 g/mol. The lowest BCUT2D eigenvalue weighted by molar-refractivity contribution is 0.306. The predicted molar refractivity (Wildman–Crippen MR) is 177 cm³/mol. The average Bonchev–Trinajstić information content (AvgIpc) is 3.05. The highest BCUT2D eigenvalue weighted by Gasteiger charge is 1.96. The van der Waals surface area contributed by atoms with Gasteiger partial charge < -0.3 is 9.47 Å². The lowest BCUT2D eigenvalue weighted by Gasteiger charge is -2.05. The van der Waals surface area contributed by atoms with Crippen LogP contribution in [0.3, 0.4) is 0 Å². The molecule has 0 aliphatic rings. The Kier molecular flexibility index (Phi) is 15.0. The molecule has 4 rings (SSSR count). The smallest absolute Gasteiger partial charge is 0.119 e. The second kappa shape index (κ2) is 19.6. The summed E-state index contributed by atoms with van der Waals surface area (Å²) in [5.41, 5.74) is 5.92. The molecule has 0 bridgehead atoms. The van der Waals surface area contributed by atoms with Gasteiger partial charge in [0, 0.05) is 23.5 Å². The summed E-state index contributed by atoms with van der Waals surface area (Å²) in [6.07, 6.45) is 11.8. The number of aryl methyl sites for hydroxylation is 2. The van der Waals surface area contributed by atoms with E-state index in [1.165, 1.54) is 31.2 Å². The Bertz CT molecular complexity index is 1450. The molecule has 0 N–H and O–H groups in total. The maximum Gasteiger partial charge on any atom is 0.119 e. The first-order chi connectivity index (χ1) is 21.1. The summed E-state index contributed by atoms with van der Waals surface area (Å²) < 4.78 is 11.4. The van der Waals surface area contributed by atoms with Crippen molar-refractivity contribution in [1.29, 1.82) is 0 Å². The lowest BCUT2D eigenvalue weighted by Crippen LogP contribution is -1.96. The normalized spacial score (nSPS) is 9.86. The Hall–Kier alpha value is -4.54. The van der Waals surface area contributed by atoms with Gasteiger partial charge in [0.05, 0.1) is 13.2 Å². The number of rotatable bonds is 11. The maximum atomic E-state index is 5.69. The Balaban J connectivity index is 0.000000236.